The van der Waals surface area contributed by atoms with Gasteiger partial charge in [-0.1, -0.05) is 18.2 Å². The van der Waals surface area contributed by atoms with Crippen molar-refractivity contribution < 1.29 is 22.3 Å². The van der Waals surface area contributed by atoms with Gasteiger partial charge in [-0.2, -0.15) is 0 Å². The summed E-state index contributed by atoms with van der Waals surface area (Å²) in [6.45, 7) is 0. The molecule has 26 heavy (non-hydrogen) atoms. The zero-order chi connectivity index (χ0) is 18.9. The van der Waals surface area contributed by atoms with Gasteiger partial charge >= 0.3 is 5.97 Å². The second-order valence-corrected chi connectivity index (χ2v) is 7.39. The lowest BCUT2D eigenvalue weighted by Crippen LogP contribution is -2.11. The Morgan fingerprint density at radius 2 is 1.85 bits per heavy atom. The maximum Gasteiger partial charge on any atom is 0.310 e. The summed E-state index contributed by atoms with van der Waals surface area (Å²) in [5, 5.41) is 5.09. The minimum atomic E-state index is -3.75. The summed E-state index contributed by atoms with van der Waals surface area (Å²) in [6.07, 6.45) is 3.66. The minimum absolute atomic E-state index is 0.0236. The van der Waals surface area contributed by atoms with Crippen LogP contribution in [0.5, 0.6) is 0 Å². The third kappa shape index (κ3) is 3.74. The minimum Gasteiger partial charge on any atom is -0.469 e. The van der Waals surface area contributed by atoms with E-state index >= 15 is 0 Å². The standard InChI is InChI=1S/C19H16FNO4S/c1-25-19(22)10-14-9-13(17-7-4-15(20)11-18(14)17)8-12-2-5-16(6-3-12)26(21,23)24/h2-9,11H,10H2,1H3,(H2,21,23,24)/b13-8-. The topological polar surface area (TPSA) is 86.5 Å². The van der Waals surface area contributed by atoms with Gasteiger partial charge in [-0.25, -0.2) is 17.9 Å². The van der Waals surface area contributed by atoms with Crippen LogP contribution in [0.1, 0.15) is 23.1 Å². The molecule has 0 amide bonds. The lowest BCUT2D eigenvalue weighted by molar-refractivity contribution is -0.139. The summed E-state index contributed by atoms with van der Waals surface area (Å²) < 4.78 is 41.0. The number of esters is 1. The lowest BCUT2D eigenvalue weighted by atomic mass is 10.0. The molecule has 0 aliphatic heterocycles. The monoisotopic (exact) mass is 373 g/mol. The number of hydrogen-bond acceptors (Lipinski definition) is 4. The number of methoxy groups -OCH3 is 1. The Morgan fingerprint density at radius 3 is 2.46 bits per heavy atom. The van der Waals surface area contributed by atoms with Gasteiger partial charge in [-0.3, -0.25) is 4.79 Å². The van der Waals surface area contributed by atoms with Gasteiger partial charge in [-0.15, -0.1) is 0 Å². The average Bonchev–Trinajstić information content (AvgIpc) is 2.91. The lowest BCUT2D eigenvalue weighted by Gasteiger charge is -2.05. The Bertz CT molecular complexity index is 1040. The number of nitrogens with two attached hydrogens (primary N) is 1. The molecular formula is C19H16FNO4S. The van der Waals surface area contributed by atoms with Gasteiger partial charge in [0.2, 0.25) is 10.0 Å². The molecule has 5 nitrogen and oxygen atoms in total. The van der Waals surface area contributed by atoms with E-state index in [1.807, 2.05) is 6.08 Å². The van der Waals surface area contributed by atoms with Crippen molar-refractivity contribution in [1.29, 1.82) is 0 Å². The average molecular weight is 373 g/mol. The molecule has 0 fully saturated rings. The number of hydrogen-bond donors (Lipinski definition) is 1. The molecule has 2 aromatic carbocycles. The van der Waals surface area contributed by atoms with Crippen molar-refractivity contribution in [3.05, 3.63) is 71.0 Å². The molecule has 3 rings (SSSR count). The van der Waals surface area contributed by atoms with Crippen LogP contribution in [0.15, 0.2) is 53.4 Å². The second-order valence-electron chi connectivity index (χ2n) is 5.83. The first-order chi connectivity index (χ1) is 12.3. The van der Waals surface area contributed by atoms with Crippen LogP contribution in [0.25, 0.3) is 17.2 Å². The van der Waals surface area contributed by atoms with E-state index in [0.717, 1.165) is 16.7 Å². The van der Waals surface area contributed by atoms with Gasteiger partial charge in [0.15, 0.2) is 0 Å². The number of rotatable bonds is 4. The molecule has 0 saturated carbocycles. The van der Waals surface area contributed by atoms with Crippen LogP contribution in [0.3, 0.4) is 0 Å². The summed E-state index contributed by atoms with van der Waals surface area (Å²) >= 11 is 0. The summed E-state index contributed by atoms with van der Waals surface area (Å²) in [5.74, 6) is -0.802. The van der Waals surface area contributed by atoms with Crippen molar-refractivity contribution in [3.8, 4) is 0 Å². The zero-order valence-electron chi connectivity index (χ0n) is 13.9. The van der Waals surface area contributed by atoms with Crippen molar-refractivity contribution in [1.82, 2.24) is 0 Å². The maximum absolute atomic E-state index is 13.6. The van der Waals surface area contributed by atoms with Crippen LogP contribution >= 0.6 is 0 Å². The third-order valence-corrected chi connectivity index (χ3v) is 4.99. The van der Waals surface area contributed by atoms with Crippen LogP contribution in [0.2, 0.25) is 0 Å². The summed E-state index contributed by atoms with van der Waals surface area (Å²) in [5.41, 5.74) is 3.64. The quantitative estimate of drug-likeness (QED) is 0.835. The highest BCUT2D eigenvalue weighted by atomic mass is 32.2. The van der Waals surface area contributed by atoms with Gasteiger partial charge in [0.25, 0.3) is 0 Å². The van der Waals surface area contributed by atoms with E-state index in [2.05, 4.69) is 0 Å². The number of sulfonamides is 1. The van der Waals surface area contributed by atoms with Crippen LogP contribution in [-0.2, 0) is 19.6 Å². The molecule has 2 N–H and O–H groups in total. The van der Waals surface area contributed by atoms with Gasteiger partial charge in [0.05, 0.1) is 18.4 Å². The van der Waals surface area contributed by atoms with Crippen molar-refractivity contribution in [2.75, 3.05) is 7.11 Å². The summed E-state index contributed by atoms with van der Waals surface area (Å²) in [7, 11) is -2.45. The number of halogens is 1. The number of fused-ring (bicyclic) bond motifs is 1. The first-order valence-electron chi connectivity index (χ1n) is 7.70. The highest BCUT2D eigenvalue weighted by Gasteiger charge is 2.21. The van der Waals surface area contributed by atoms with Gasteiger partial charge in [0, 0.05) is 0 Å². The Morgan fingerprint density at radius 1 is 1.15 bits per heavy atom. The summed E-state index contributed by atoms with van der Waals surface area (Å²) in [4.78, 5) is 11.6. The molecule has 1 aliphatic carbocycles. The van der Waals surface area contributed by atoms with Crippen molar-refractivity contribution in [2.24, 2.45) is 5.14 Å². The first-order valence-corrected chi connectivity index (χ1v) is 9.25. The molecule has 1 aliphatic rings. The third-order valence-electron chi connectivity index (χ3n) is 4.06. The highest BCUT2D eigenvalue weighted by molar-refractivity contribution is 7.89. The van der Waals surface area contributed by atoms with Gasteiger partial charge in [0.1, 0.15) is 5.82 Å². The van der Waals surface area contributed by atoms with E-state index in [1.165, 1.54) is 31.4 Å². The fourth-order valence-corrected chi connectivity index (χ4v) is 3.32. The SMILES string of the molecule is COC(=O)CC1=C/C(=C/c2ccc(S(N)(=O)=O)cc2)c2ccc(F)cc21. The van der Waals surface area contributed by atoms with E-state index in [9.17, 15) is 17.6 Å². The predicted octanol–water partition coefficient (Wildman–Crippen LogP) is 2.97. The molecule has 0 spiro atoms. The number of primary sulfonamides is 1. The number of ether oxygens (including phenoxy) is 1. The highest BCUT2D eigenvalue weighted by Crippen LogP contribution is 2.38. The predicted molar refractivity (Wildman–Crippen MR) is 96.7 cm³/mol. The number of carbonyl (C=O) groups excluding carboxylic acids is 1. The molecule has 0 saturated heterocycles. The molecule has 7 heteroatoms. The summed E-state index contributed by atoms with van der Waals surface area (Å²) in [6, 6.07) is 10.5. The van der Waals surface area contributed by atoms with Crippen molar-refractivity contribution >= 4 is 33.2 Å². The van der Waals surface area contributed by atoms with Crippen LogP contribution in [-0.4, -0.2) is 21.5 Å². The number of benzene rings is 2. The normalized spacial score (nSPS) is 14.9. The zero-order valence-corrected chi connectivity index (χ0v) is 14.7. The molecule has 0 heterocycles. The maximum atomic E-state index is 13.6. The van der Waals surface area contributed by atoms with Crippen LogP contribution in [0, 0.1) is 5.82 Å². The fourth-order valence-electron chi connectivity index (χ4n) is 2.80. The molecule has 0 bridgehead atoms. The number of carbonyl (C=O) groups is 1. The van der Waals surface area contributed by atoms with E-state index in [1.54, 1.807) is 24.3 Å². The smallest absolute Gasteiger partial charge is 0.310 e. The molecular weight excluding hydrogens is 357 g/mol. The number of allylic oxidation sites excluding steroid dienone is 2. The van der Waals surface area contributed by atoms with Crippen molar-refractivity contribution in [2.45, 2.75) is 11.3 Å². The molecule has 0 unspecified atom stereocenters. The van der Waals surface area contributed by atoms with Crippen LogP contribution < -0.4 is 5.14 Å². The Balaban J connectivity index is 2.01. The Kier molecular flexibility index (Phi) is 4.76. The van der Waals surface area contributed by atoms with E-state index in [4.69, 9.17) is 9.88 Å². The van der Waals surface area contributed by atoms with Gasteiger partial charge in [-0.05, 0) is 64.3 Å². The Labute approximate surface area is 150 Å². The molecule has 134 valence electrons. The molecule has 2 aromatic rings. The van der Waals surface area contributed by atoms with E-state index in [-0.39, 0.29) is 11.3 Å². The van der Waals surface area contributed by atoms with E-state index in [0.29, 0.717) is 11.1 Å². The first kappa shape index (κ1) is 18.0. The Hall–Kier alpha value is -2.77. The van der Waals surface area contributed by atoms with Crippen molar-refractivity contribution in [3.63, 3.8) is 0 Å². The van der Waals surface area contributed by atoms with E-state index < -0.39 is 21.8 Å². The van der Waals surface area contributed by atoms with Gasteiger partial charge < -0.3 is 4.74 Å². The molecule has 0 radical (unpaired) electrons. The van der Waals surface area contributed by atoms with Crippen LogP contribution in [0.4, 0.5) is 4.39 Å². The molecule has 0 atom stereocenters. The molecule has 0 aromatic heterocycles. The second kappa shape index (κ2) is 6.86. The largest absolute Gasteiger partial charge is 0.469 e. The fraction of sp³-hybridized carbons (Fsp3) is 0.105.